The van der Waals surface area contributed by atoms with E-state index in [0.29, 0.717) is 12.1 Å². The highest BCUT2D eigenvalue weighted by Crippen LogP contribution is 2.21. The van der Waals surface area contributed by atoms with Gasteiger partial charge in [0.2, 0.25) is 0 Å². The summed E-state index contributed by atoms with van der Waals surface area (Å²) in [7, 11) is 0. The molecule has 0 aliphatic carbocycles. The largest absolute Gasteiger partial charge is 0.350 e. The summed E-state index contributed by atoms with van der Waals surface area (Å²) in [5, 5.41) is 4.24. The van der Waals surface area contributed by atoms with E-state index >= 15 is 0 Å². The van der Waals surface area contributed by atoms with Gasteiger partial charge in [0.25, 0.3) is 5.91 Å². The monoisotopic (exact) mass is 313 g/mol. The quantitative estimate of drug-likeness (QED) is 0.918. The maximum Gasteiger partial charge on any atom is 0.251 e. The molecule has 1 aromatic carbocycles. The third-order valence-electron chi connectivity index (χ3n) is 4.94. The molecule has 4 heteroatoms. The second-order valence-corrected chi connectivity index (χ2v) is 6.73. The van der Waals surface area contributed by atoms with E-state index in [1.54, 1.807) is 0 Å². The normalized spacial score (nSPS) is 18.9. The molecule has 1 N–H and O–H groups in total. The molecule has 1 saturated heterocycles. The maximum atomic E-state index is 12.4. The molecule has 1 atom stereocenters. The van der Waals surface area contributed by atoms with Crippen molar-refractivity contribution in [2.24, 2.45) is 0 Å². The zero-order valence-electron chi connectivity index (χ0n) is 14.4. The van der Waals surface area contributed by atoms with Gasteiger partial charge in [-0.3, -0.25) is 9.69 Å². The van der Waals surface area contributed by atoms with Crippen LogP contribution in [0.15, 0.2) is 30.5 Å². The van der Waals surface area contributed by atoms with Crippen molar-refractivity contribution >= 4 is 16.8 Å². The summed E-state index contributed by atoms with van der Waals surface area (Å²) in [5.41, 5.74) is 1.93. The highest BCUT2D eigenvalue weighted by atomic mass is 16.1. The molecular formula is C19H27N3O. The first-order valence-corrected chi connectivity index (χ1v) is 8.73. The van der Waals surface area contributed by atoms with Crippen molar-refractivity contribution in [3.05, 3.63) is 36.0 Å². The standard InChI is InChI=1S/C19H27N3O/c1-4-21-10-5-6-17(21)13-20-19(23)16-7-8-18-15(12-16)9-11-22(18)14(2)3/h7-9,11-12,14,17H,4-6,10,13H2,1-3H3,(H,20,23). The third-order valence-corrected chi connectivity index (χ3v) is 4.94. The Morgan fingerprint density at radius 3 is 2.91 bits per heavy atom. The summed E-state index contributed by atoms with van der Waals surface area (Å²) in [6.45, 7) is 9.49. The SMILES string of the molecule is CCN1CCCC1CNC(=O)c1ccc2c(ccn2C(C)C)c1. The third kappa shape index (κ3) is 3.27. The molecule has 2 aromatic rings. The zero-order chi connectivity index (χ0) is 16.4. The molecular weight excluding hydrogens is 286 g/mol. The summed E-state index contributed by atoms with van der Waals surface area (Å²) in [6, 6.07) is 8.99. The van der Waals surface area contributed by atoms with E-state index in [-0.39, 0.29) is 5.91 Å². The number of hydrogen-bond acceptors (Lipinski definition) is 2. The van der Waals surface area contributed by atoms with Gasteiger partial charge < -0.3 is 9.88 Å². The van der Waals surface area contributed by atoms with Crippen LogP contribution in [-0.4, -0.2) is 41.1 Å². The molecule has 124 valence electrons. The fraction of sp³-hybridized carbons (Fsp3) is 0.526. The van der Waals surface area contributed by atoms with E-state index < -0.39 is 0 Å². The lowest BCUT2D eigenvalue weighted by molar-refractivity contribution is 0.0941. The molecule has 23 heavy (non-hydrogen) atoms. The number of carbonyl (C=O) groups excluding carboxylic acids is 1. The number of likely N-dealkylation sites (N-methyl/N-ethyl adjacent to an activating group) is 1. The van der Waals surface area contributed by atoms with Gasteiger partial charge in [-0.25, -0.2) is 0 Å². The number of rotatable bonds is 5. The molecule has 1 fully saturated rings. The lowest BCUT2D eigenvalue weighted by Gasteiger charge is -2.22. The zero-order valence-corrected chi connectivity index (χ0v) is 14.4. The summed E-state index contributed by atoms with van der Waals surface area (Å²) in [6.07, 6.45) is 4.52. The van der Waals surface area contributed by atoms with Crippen LogP contribution in [0.5, 0.6) is 0 Å². The highest BCUT2D eigenvalue weighted by molar-refractivity contribution is 5.98. The van der Waals surface area contributed by atoms with Crippen molar-refractivity contribution in [1.82, 2.24) is 14.8 Å². The summed E-state index contributed by atoms with van der Waals surface area (Å²) in [5.74, 6) is 0.0344. The Hall–Kier alpha value is -1.81. The molecule has 4 nitrogen and oxygen atoms in total. The molecule has 0 bridgehead atoms. The van der Waals surface area contributed by atoms with Crippen LogP contribution in [0.4, 0.5) is 0 Å². The first-order chi connectivity index (χ1) is 11.1. The second kappa shape index (κ2) is 6.75. The van der Waals surface area contributed by atoms with Gasteiger partial charge in [0.15, 0.2) is 0 Å². The number of carbonyl (C=O) groups is 1. The number of nitrogens with zero attached hydrogens (tertiary/aromatic N) is 2. The van der Waals surface area contributed by atoms with E-state index in [1.165, 1.54) is 18.4 Å². The van der Waals surface area contributed by atoms with Crippen LogP contribution in [0.2, 0.25) is 0 Å². The molecule has 1 aliphatic heterocycles. The van der Waals surface area contributed by atoms with Gasteiger partial charge in [-0.2, -0.15) is 0 Å². The van der Waals surface area contributed by atoms with Crippen molar-refractivity contribution in [3.63, 3.8) is 0 Å². The summed E-state index contributed by atoms with van der Waals surface area (Å²) in [4.78, 5) is 14.9. The van der Waals surface area contributed by atoms with Crippen molar-refractivity contribution in [2.45, 2.75) is 45.7 Å². The van der Waals surface area contributed by atoms with Crippen molar-refractivity contribution in [2.75, 3.05) is 19.6 Å². The molecule has 0 spiro atoms. The average Bonchev–Trinajstić information content (AvgIpc) is 3.17. The van der Waals surface area contributed by atoms with Crippen LogP contribution in [-0.2, 0) is 0 Å². The van der Waals surface area contributed by atoms with E-state index in [9.17, 15) is 4.79 Å². The molecule has 2 heterocycles. The van der Waals surface area contributed by atoms with Crippen molar-refractivity contribution in [3.8, 4) is 0 Å². The van der Waals surface area contributed by atoms with Crippen LogP contribution < -0.4 is 5.32 Å². The van der Waals surface area contributed by atoms with E-state index in [0.717, 1.165) is 30.6 Å². The van der Waals surface area contributed by atoms with Gasteiger partial charge in [-0.15, -0.1) is 0 Å². The Morgan fingerprint density at radius 2 is 2.17 bits per heavy atom. The molecule has 1 amide bonds. The van der Waals surface area contributed by atoms with E-state index in [4.69, 9.17) is 0 Å². The fourth-order valence-electron chi connectivity index (χ4n) is 3.61. The average molecular weight is 313 g/mol. The van der Waals surface area contributed by atoms with Gasteiger partial charge in [0.1, 0.15) is 0 Å². The number of fused-ring (bicyclic) bond motifs is 1. The molecule has 3 rings (SSSR count). The second-order valence-electron chi connectivity index (χ2n) is 6.73. The minimum atomic E-state index is 0.0344. The lowest BCUT2D eigenvalue weighted by Crippen LogP contribution is -2.40. The molecule has 0 radical (unpaired) electrons. The maximum absolute atomic E-state index is 12.4. The highest BCUT2D eigenvalue weighted by Gasteiger charge is 2.23. The first-order valence-electron chi connectivity index (χ1n) is 8.73. The summed E-state index contributed by atoms with van der Waals surface area (Å²) < 4.78 is 2.23. The van der Waals surface area contributed by atoms with E-state index in [2.05, 4.69) is 53.9 Å². The Bertz CT molecular complexity index is 689. The minimum Gasteiger partial charge on any atom is -0.350 e. The van der Waals surface area contributed by atoms with Crippen LogP contribution in [0.25, 0.3) is 10.9 Å². The van der Waals surface area contributed by atoms with Gasteiger partial charge in [0.05, 0.1) is 0 Å². The van der Waals surface area contributed by atoms with E-state index in [1.807, 2.05) is 12.1 Å². The topological polar surface area (TPSA) is 37.3 Å². The predicted octanol–water partition coefficient (Wildman–Crippen LogP) is 3.44. The molecule has 0 saturated carbocycles. The Balaban J connectivity index is 1.69. The van der Waals surface area contributed by atoms with Crippen LogP contribution in [0, 0.1) is 0 Å². The van der Waals surface area contributed by atoms with Crippen LogP contribution in [0.3, 0.4) is 0 Å². The first kappa shape index (κ1) is 16.1. The Kier molecular flexibility index (Phi) is 4.71. The number of benzene rings is 1. The van der Waals surface area contributed by atoms with Crippen LogP contribution in [0.1, 0.15) is 50.0 Å². The smallest absolute Gasteiger partial charge is 0.251 e. The Morgan fingerprint density at radius 1 is 1.35 bits per heavy atom. The molecule has 1 unspecified atom stereocenters. The minimum absolute atomic E-state index is 0.0344. The lowest BCUT2D eigenvalue weighted by atomic mass is 10.1. The van der Waals surface area contributed by atoms with Crippen LogP contribution >= 0.6 is 0 Å². The Labute approximate surface area is 138 Å². The fourth-order valence-corrected chi connectivity index (χ4v) is 3.61. The summed E-state index contributed by atoms with van der Waals surface area (Å²) >= 11 is 0. The number of hydrogen-bond donors (Lipinski definition) is 1. The van der Waals surface area contributed by atoms with Gasteiger partial charge >= 0.3 is 0 Å². The van der Waals surface area contributed by atoms with Crippen molar-refractivity contribution < 1.29 is 4.79 Å². The molecule has 1 aliphatic rings. The number of nitrogens with one attached hydrogen (secondary N) is 1. The van der Waals surface area contributed by atoms with Gasteiger partial charge in [-0.05, 0) is 64.0 Å². The number of amides is 1. The van der Waals surface area contributed by atoms with Gasteiger partial charge in [0, 0.05) is 41.3 Å². The number of likely N-dealkylation sites (tertiary alicyclic amines) is 1. The molecule has 1 aromatic heterocycles. The predicted molar refractivity (Wildman–Crippen MR) is 94.9 cm³/mol. The van der Waals surface area contributed by atoms with Gasteiger partial charge in [-0.1, -0.05) is 6.92 Å². The number of aromatic nitrogens is 1. The van der Waals surface area contributed by atoms with Crippen molar-refractivity contribution in [1.29, 1.82) is 0 Å².